The maximum Gasteiger partial charge on any atom is 0.223 e. The van der Waals surface area contributed by atoms with E-state index in [1.54, 1.807) is 6.92 Å². The highest BCUT2D eigenvalue weighted by atomic mass is 16.2. The molecule has 1 aromatic heterocycles. The van der Waals surface area contributed by atoms with Crippen molar-refractivity contribution in [1.82, 2.24) is 14.8 Å². The third kappa shape index (κ3) is 6.66. The van der Waals surface area contributed by atoms with Crippen LogP contribution in [0.5, 0.6) is 0 Å². The molecule has 2 aliphatic rings. The first-order chi connectivity index (χ1) is 16.6. The van der Waals surface area contributed by atoms with Gasteiger partial charge in [0.15, 0.2) is 0 Å². The summed E-state index contributed by atoms with van der Waals surface area (Å²) >= 11 is 0. The van der Waals surface area contributed by atoms with Crippen LogP contribution >= 0.6 is 0 Å². The Kier molecular flexibility index (Phi) is 8.69. The lowest BCUT2D eigenvalue weighted by molar-refractivity contribution is -0.132. The van der Waals surface area contributed by atoms with Gasteiger partial charge in [0.05, 0.1) is 5.69 Å². The van der Waals surface area contributed by atoms with Crippen LogP contribution in [-0.4, -0.2) is 52.8 Å². The molecule has 182 valence electrons. The Balaban J connectivity index is 1.53. The minimum Gasteiger partial charge on any atom is -0.338 e. The molecule has 0 atom stereocenters. The Labute approximate surface area is 204 Å². The normalized spacial score (nSPS) is 18.4. The number of amides is 2. The summed E-state index contributed by atoms with van der Waals surface area (Å²) in [6.07, 6.45) is 9.14. The van der Waals surface area contributed by atoms with Gasteiger partial charge in [-0.15, -0.1) is 0 Å². The summed E-state index contributed by atoms with van der Waals surface area (Å²) in [5.41, 5.74) is 3.04. The number of carbonyl (C=O) groups excluding carboxylic acids is 2. The highest BCUT2D eigenvalue weighted by molar-refractivity contribution is 5.92. The number of benzene rings is 1. The summed E-state index contributed by atoms with van der Waals surface area (Å²) in [6.45, 7) is 6.17. The van der Waals surface area contributed by atoms with Gasteiger partial charge in [0.25, 0.3) is 0 Å². The van der Waals surface area contributed by atoms with Crippen LogP contribution in [0.3, 0.4) is 0 Å². The molecule has 0 bridgehead atoms. The lowest BCUT2D eigenvalue weighted by Crippen LogP contribution is -2.38. The minimum atomic E-state index is 0.0450. The molecule has 6 heteroatoms. The largest absolute Gasteiger partial charge is 0.338 e. The van der Waals surface area contributed by atoms with E-state index in [9.17, 15) is 9.59 Å². The predicted molar refractivity (Wildman–Crippen MR) is 135 cm³/mol. The van der Waals surface area contributed by atoms with Crippen LogP contribution in [-0.2, 0) is 22.7 Å². The highest BCUT2D eigenvalue weighted by Gasteiger charge is 2.23. The topological polar surface area (TPSA) is 56.8 Å². The molecule has 1 aromatic carbocycles. The molecule has 1 aliphatic heterocycles. The van der Waals surface area contributed by atoms with Gasteiger partial charge in [-0.25, -0.2) is 0 Å². The van der Waals surface area contributed by atoms with Crippen LogP contribution in [0.25, 0.3) is 0 Å². The number of carbonyl (C=O) groups is 2. The zero-order valence-electron chi connectivity index (χ0n) is 20.5. The predicted octanol–water partition coefficient (Wildman–Crippen LogP) is 4.64. The van der Waals surface area contributed by atoms with Gasteiger partial charge in [-0.3, -0.25) is 19.5 Å². The molecule has 2 amide bonds. The number of hydrogen-bond donors (Lipinski definition) is 0. The molecule has 2 aromatic rings. The van der Waals surface area contributed by atoms with E-state index in [1.165, 1.54) is 19.3 Å². The zero-order valence-corrected chi connectivity index (χ0v) is 20.5. The molecule has 1 aliphatic carbocycles. The summed E-state index contributed by atoms with van der Waals surface area (Å²) < 4.78 is 0. The molecule has 0 radical (unpaired) electrons. The number of hydrogen-bond acceptors (Lipinski definition) is 4. The van der Waals surface area contributed by atoms with Gasteiger partial charge in [0.1, 0.15) is 0 Å². The van der Waals surface area contributed by atoms with Gasteiger partial charge in [-0.2, -0.15) is 0 Å². The number of fused-ring (bicyclic) bond motifs is 1. The van der Waals surface area contributed by atoms with Crippen LogP contribution in [0, 0.1) is 5.92 Å². The van der Waals surface area contributed by atoms with Gasteiger partial charge >= 0.3 is 0 Å². The maximum absolute atomic E-state index is 13.3. The number of anilines is 1. The molecule has 0 saturated heterocycles. The number of pyridine rings is 1. The van der Waals surface area contributed by atoms with Crippen molar-refractivity contribution in [3.05, 3.63) is 59.9 Å². The van der Waals surface area contributed by atoms with Crippen molar-refractivity contribution in [1.29, 1.82) is 0 Å². The van der Waals surface area contributed by atoms with Crippen molar-refractivity contribution in [2.24, 2.45) is 5.92 Å². The fraction of sp³-hybridized carbons (Fsp3) is 0.536. The fourth-order valence-corrected chi connectivity index (χ4v) is 5.05. The van der Waals surface area contributed by atoms with E-state index in [-0.39, 0.29) is 11.8 Å². The van der Waals surface area contributed by atoms with Crippen molar-refractivity contribution in [3.63, 3.8) is 0 Å². The van der Waals surface area contributed by atoms with Crippen LogP contribution in [0.2, 0.25) is 0 Å². The molecule has 0 N–H and O–H groups in total. The van der Waals surface area contributed by atoms with Crippen LogP contribution in [0.15, 0.2) is 48.7 Å². The van der Waals surface area contributed by atoms with Gasteiger partial charge in [-0.1, -0.05) is 43.5 Å². The van der Waals surface area contributed by atoms with Gasteiger partial charge in [-0.05, 0) is 48.9 Å². The third-order valence-corrected chi connectivity index (χ3v) is 7.24. The van der Waals surface area contributed by atoms with E-state index in [0.717, 1.165) is 68.3 Å². The molecule has 2 heterocycles. The lowest BCUT2D eigenvalue weighted by atomic mass is 9.82. The molecule has 1 saturated carbocycles. The first-order valence-corrected chi connectivity index (χ1v) is 12.9. The van der Waals surface area contributed by atoms with E-state index in [0.29, 0.717) is 19.5 Å². The Hall–Kier alpha value is -2.73. The highest BCUT2D eigenvalue weighted by Crippen LogP contribution is 2.31. The second-order valence-electron chi connectivity index (χ2n) is 9.75. The molecule has 4 rings (SSSR count). The number of nitrogens with zero attached hydrogens (tertiary/aromatic N) is 4. The van der Waals surface area contributed by atoms with Crippen molar-refractivity contribution < 1.29 is 9.59 Å². The standard InChI is InChI=1S/C28H38N4O2/c1-23(33)32-20-8-18-30(22-26-12-4-5-16-29-26)17-7-19-31(21-25-11-2-3-13-27(25)32)28(34)15-14-24-9-6-10-24/h2-5,11-13,16,24H,6-10,14-15,17-22H2,1H3. The second-order valence-corrected chi connectivity index (χ2v) is 9.75. The van der Waals surface area contributed by atoms with Crippen molar-refractivity contribution in [3.8, 4) is 0 Å². The van der Waals surface area contributed by atoms with Crippen LogP contribution < -0.4 is 4.90 Å². The molecule has 0 spiro atoms. The number of para-hydroxylation sites is 1. The molecular formula is C28H38N4O2. The van der Waals surface area contributed by atoms with Gasteiger partial charge in [0.2, 0.25) is 11.8 Å². The summed E-state index contributed by atoms with van der Waals surface area (Å²) in [6, 6.07) is 14.1. The molecule has 0 unspecified atom stereocenters. The summed E-state index contributed by atoms with van der Waals surface area (Å²) in [5, 5.41) is 0. The SMILES string of the molecule is CC(=O)N1CCCN(Cc2ccccn2)CCCN(C(=O)CCC2CCC2)Cc2ccccc21. The zero-order chi connectivity index (χ0) is 23.8. The van der Waals surface area contributed by atoms with Gasteiger partial charge < -0.3 is 9.80 Å². The van der Waals surface area contributed by atoms with Crippen LogP contribution in [0.4, 0.5) is 5.69 Å². The van der Waals surface area contributed by atoms with E-state index < -0.39 is 0 Å². The summed E-state index contributed by atoms with van der Waals surface area (Å²) in [7, 11) is 0. The smallest absolute Gasteiger partial charge is 0.223 e. The second kappa shape index (κ2) is 12.1. The van der Waals surface area contributed by atoms with Crippen LogP contribution in [0.1, 0.15) is 63.1 Å². The summed E-state index contributed by atoms with van der Waals surface area (Å²) in [5.74, 6) is 1.01. The molecule has 1 fully saturated rings. The Morgan fingerprint density at radius 2 is 1.71 bits per heavy atom. The van der Waals surface area contributed by atoms with Crippen molar-refractivity contribution in [2.75, 3.05) is 31.1 Å². The van der Waals surface area contributed by atoms with Crippen molar-refractivity contribution >= 4 is 17.5 Å². The molecular weight excluding hydrogens is 424 g/mol. The van der Waals surface area contributed by atoms with E-state index >= 15 is 0 Å². The monoisotopic (exact) mass is 462 g/mol. The van der Waals surface area contributed by atoms with Gasteiger partial charge in [0, 0.05) is 64.5 Å². The minimum absolute atomic E-state index is 0.0450. The average molecular weight is 463 g/mol. The Morgan fingerprint density at radius 3 is 2.41 bits per heavy atom. The molecule has 34 heavy (non-hydrogen) atoms. The summed E-state index contributed by atoms with van der Waals surface area (Å²) in [4.78, 5) is 36.7. The van der Waals surface area contributed by atoms with E-state index in [1.807, 2.05) is 46.3 Å². The third-order valence-electron chi connectivity index (χ3n) is 7.24. The first kappa shape index (κ1) is 24.4. The fourth-order valence-electron chi connectivity index (χ4n) is 5.05. The Bertz CT molecular complexity index is 944. The Morgan fingerprint density at radius 1 is 0.941 bits per heavy atom. The van der Waals surface area contributed by atoms with E-state index in [4.69, 9.17) is 0 Å². The van der Waals surface area contributed by atoms with Crippen molar-refractivity contribution in [2.45, 2.75) is 65.0 Å². The first-order valence-electron chi connectivity index (χ1n) is 12.9. The average Bonchev–Trinajstić information content (AvgIpc) is 2.80. The number of aromatic nitrogens is 1. The lowest BCUT2D eigenvalue weighted by Gasteiger charge is -2.32. The maximum atomic E-state index is 13.3. The quantitative estimate of drug-likeness (QED) is 0.650. The van der Waals surface area contributed by atoms with E-state index in [2.05, 4.69) is 22.0 Å². The number of rotatable bonds is 5. The molecule has 6 nitrogen and oxygen atoms in total.